The summed E-state index contributed by atoms with van der Waals surface area (Å²) in [4.78, 5) is 26.5. The quantitative estimate of drug-likeness (QED) is 0.495. The van der Waals surface area contributed by atoms with Crippen molar-refractivity contribution in [2.75, 3.05) is 6.54 Å². The van der Waals surface area contributed by atoms with Crippen LogP contribution in [0, 0.1) is 5.82 Å². The van der Waals surface area contributed by atoms with Crippen molar-refractivity contribution in [3.05, 3.63) is 69.6 Å². The van der Waals surface area contributed by atoms with E-state index >= 15 is 0 Å². The molecule has 0 saturated carbocycles. The molecule has 2 amide bonds. The fraction of sp³-hybridized carbons (Fsp3) is 0.238. The van der Waals surface area contributed by atoms with Crippen LogP contribution >= 0.6 is 11.6 Å². The second kappa shape index (κ2) is 7.50. The first-order valence-electron chi connectivity index (χ1n) is 9.20. The summed E-state index contributed by atoms with van der Waals surface area (Å²) in [5.74, 6) is -1.62. The van der Waals surface area contributed by atoms with Crippen LogP contribution in [0.25, 0.3) is 10.9 Å². The van der Waals surface area contributed by atoms with Gasteiger partial charge in [0.2, 0.25) is 0 Å². The predicted octanol–water partition coefficient (Wildman–Crippen LogP) is 3.68. The number of nitrogens with zero attached hydrogens (tertiary/aromatic N) is 2. The molecule has 1 aromatic heterocycles. The van der Waals surface area contributed by atoms with Gasteiger partial charge in [0.25, 0.3) is 11.8 Å². The Morgan fingerprint density at radius 2 is 2.00 bits per heavy atom. The molecule has 0 saturated heterocycles. The topological polar surface area (TPSA) is 74.6 Å². The number of carbonyl (C=O) groups excluding carboxylic acids is 2. The molecule has 1 aliphatic heterocycles. The predicted molar refractivity (Wildman–Crippen MR) is 107 cm³/mol. The van der Waals surface area contributed by atoms with Crippen LogP contribution in [-0.2, 0) is 20.0 Å². The lowest BCUT2D eigenvalue weighted by Crippen LogP contribution is -2.32. The van der Waals surface area contributed by atoms with Gasteiger partial charge in [-0.25, -0.2) is 9.87 Å². The molecule has 2 N–H and O–H groups in total. The van der Waals surface area contributed by atoms with E-state index in [4.69, 9.17) is 16.8 Å². The molecule has 0 radical (unpaired) electrons. The molecule has 0 fully saturated rings. The Morgan fingerprint density at radius 3 is 2.72 bits per heavy atom. The van der Waals surface area contributed by atoms with Crippen LogP contribution in [0.2, 0.25) is 5.02 Å². The summed E-state index contributed by atoms with van der Waals surface area (Å²) in [5, 5.41) is 9.98. The van der Waals surface area contributed by atoms with Gasteiger partial charge in [-0.2, -0.15) is 0 Å². The maximum absolute atomic E-state index is 14.7. The minimum Gasteiger partial charge on any atom is -0.338 e. The molecule has 0 aliphatic carbocycles. The number of rotatable bonds is 2. The number of carbonyl (C=O) groups is 2. The molecule has 4 rings (SSSR count). The number of hydrogen-bond acceptors (Lipinski definition) is 3. The highest BCUT2D eigenvalue weighted by molar-refractivity contribution is 6.38. The van der Waals surface area contributed by atoms with Crippen molar-refractivity contribution < 1.29 is 19.2 Å². The third-order valence-electron chi connectivity index (χ3n) is 5.41. The highest BCUT2D eigenvalue weighted by atomic mass is 35.5. The second-order valence-corrected chi connectivity index (χ2v) is 7.48. The molecule has 2 heterocycles. The Balaban J connectivity index is 1.71. The molecule has 0 spiro atoms. The average Bonchev–Trinajstić information content (AvgIpc) is 2.87. The van der Waals surface area contributed by atoms with Crippen LogP contribution in [0.5, 0.6) is 0 Å². The van der Waals surface area contributed by atoms with Gasteiger partial charge < -0.3 is 9.47 Å². The summed E-state index contributed by atoms with van der Waals surface area (Å²) in [6, 6.07) is 10.1. The number of aromatic nitrogens is 1. The van der Waals surface area contributed by atoms with Gasteiger partial charge in [0.15, 0.2) is 0 Å². The highest BCUT2D eigenvalue weighted by Gasteiger charge is 2.28. The summed E-state index contributed by atoms with van der Waals surface area (Å²) in [7, 11) is 1.79. The van der Waals surface area contributed by atoms with Crippen molar-refractivity contribution >= 4 is 34.3 Å². The Kier molecular flexibility index (Phi) is 5.02. The molecule has 1 aliphatic rings. The third-order valence-corrected chi connectivity index (χ3v) is 5.79. The summed E-state index contributed by atoms with van der Waals surface area (Å²) >= 11 is 6.51. The minimum atomic E-state index is -0.772. The number of benzene rings is 2. The minimum absolute atomic E-state index is 0.0419. The molecule has 150 valence electrons. The van der Waals surface area contributed by atoms with Gasteiger partial charge in [-0.3, -0.25) is 14.8 Å². The molecule has 0 bridgehead atoms. The van der Waals surface area contributed by atoms with E-state index in [2.05, 4.69) is 0 Å². The van der Waals surface area contributed by atoms with Crippen LogP contribution in [0.4, 0.5) is 4.39 Å². The monoisotopic (exact) mass is 415 g/mol. The zero-order chi connectivity index (χ0) is 20.7. The molecule has 6 nitrogen and oxygen atoms in total. The molecule has 29 heavy (non-hydrogen) atoms. The lowest BCUT2D eigenvalue weighted by Gasteiger charge is -2.22. The lowest BCUT2D eigenvalue weighted by atomic mass is 10.00. The van der Waals surface area contributed by atoms with Gasteiger partial charge in [0, 0.05) is 42.2 Å². The SMILES string of the molecule is Cn1c(C(=O)N2CCCc3cc(C(=O)NO)cc(F)c3C2)c(Cl)c2ccccc21. The second-order valence-electron chi connectivity index (χ2n) is 7.11. The number of halogens is 2. The standard InChI is InChI=1S/C21H19ClFN3O3/c1-25-17-7-3-2-6-14(17)18(22)19(25)21(28)26-8-4-5-12-9-13(20(27)24-29)10-16(23)15(12)11-26/h2-3,6-7,9-10,29H,4-5,8,11H2,1H3,(H,24,27). The number of aryl methyl sites for hydroxylation is 2. The van der Waals surface area contributed by atoms with Crippen LogP contribution < -0.4 is 5.48 Å². The van der Waals surface area contributed by atoms with Crippen molar-refractivity contribution in [1.29, 1.82) is 0 Å². The zero-order valence-corrected chi connectivity index (χ0v) is 16.5. The fourth-order valence-corrected chi connectivity index (χ4v) is 4.29. The van der Waals surface area contributed by atoms with E-state index < -0.39 is 11.7 Å². The number of hydroxylamine groups is 1. The van der Waals surface area contributed by atoms with Crippen LogP contribution in [0.3, 0.4) is 0 Å². The summed E-state index contributed by atoms with van der Waals surface area (Å²) in [6.45, 7) is 0.519. The van der Waals surface area contributed by atoms with Gasteiger partial charge in [-0.1, -0.05) is 29.8 Å². The smallest absolute Gasteiger partial charge is 0.274 e. The third kappa shape index (κ3) is 3.26. The zero-order valence-electron chi connectivity index (χ0n) is 15.7. The van der Waals surface area contributed by atoms with Gasteiger partial charge in [0.05, 0.1) is 5.02 Å². The van der Waals surface area contributed by atoms with Crippen molar-refractivity contribution in [2.24, 2.45) is 7.05 Å². The van der Waals surface area contributed by atoms with E-state index in [0.29, 0.717) is 41.2 Å². The van der Waals surface area contributed by atoms with Crippen LogP contribution in [-0.4, -0.2) is 33.0 Å². The molecule has 8 heteroatoms. The van der Waals surface area contributed by atoms with Gasteiger partial charge in [-0.05, 0) is 36.6 Å². The first-order valence-corrected chi connectivity index (χ1v) is 9.58. The van der Waals surface area contributed by atoms with Crippen LogP contribution in [0.15, 0.2) is 36.4 Å². The maximum atomic E-state index is 14.7. The van der Waals surface area contributed by atoms with E-state index in [0.717, 1.165) is 17.0 Å². The Morgan fingerprint density at radius 1 is 1.24 bits per heavy atom. The number of fused-ring (bicyclic) bond motifs is 2. The van der Waals surface area contributed by atoms with Gasteiger partial charge in [-0.15, -0.1) is 0 Å². The van der Waals surface area contributed by atoms with E-state index in [1.54, 1.807) is 22.6 Å². The number of hydrogen-bond donors (Lipinski definition) is 2. The van der Waals surface area contributed by atoms with E-state index in [9.17, 15) is 14.0 Å². The Labute approximate surface area is 171 Å². The largest absolute Gasteiger partial charge is 0.338 e. The molecular weight excluding hydrogens is 397 g/mol. The number of para-hydroxylation sites is 1. The molecule has 2 aromatic carbocycles. The van der Waals surface area contributed by atoms with Crippen molar-refractivity contribution in [3.63, 3.8) is 0 Å². The normalized spacial score (nSPS) is 13.9. The van der Waals surface area contributed by atoms with E-state index in [-0.39, 0.29) is 18.0 Å². The number of nitrogens with one attached hydrogen (secondary N) is 1. The molecular formula is C21H19ClFN3O3. The first kappa shape index (κ1) is 19.4. The van der Waals surface area contributed by atoms with Gasteiger partial charge >= 0.3 is 0 Å². The Hall–Kier alpha value is -2.90. The fourth-order valence-electron chi connectivity index (χ4n) is 3.93. The highest BCUT2D eigenvalue weighted by Crippen LogP contribution is 2.32. The van der Waals surface area contributed by atoms with Crippen molar-refractivity contribution in [2.45, 2.75) is 19.4 Å². The van der Waals surface area contributed by atoms with Gasteiger partial charge in [0.1, 0.15) is 11.5 Å². The number of amides is 2. The summed E-state index contributed by atoms with van der Waals surface area (Å²) < 4.78 is 16.5. The van der Waals surface area contributed by atoms with E-state index in [1.807, 2.05) is 24.3 Å². The molecule has 3 aromatic rings. The summed E-state index contributed by atoms with van der Waals surface area (Å²) in [6.07, 6.45) is 1.13. The molecule has 0 atom stereocenters. The maximum Gasteiger partial charge on any atom is 0.274 e. The van der Waals surface area contributed by atoms with Crippen LogP contribution in [0.1, 0.15) is 38.4 Å². The summed E-state index contributed by atoms with van der Waals surface area (Å²) in [5.41, 5.74) is 3.81. The van der Waals surface area contributed by atoms with Crippen molar-refractivity contribution in [3.8, 4) is 0 Å². The lowest BCUT2D eigenvalue weighted by molar-refractivity contribution is 0.0704. The van der Waals surface area contributed by atoms with E-state index in [1.165, 1.54) is 5.48 Å². The Bertz CT molecular complexity index is 1100. The molecule has 0 unspecified atom stereocenters. The first-order chi connectivity index (χ1) is 13.9. The average molecular weight is 416 g/mol. The van der Waals surface area contributed by atoms with Crippen molar-refractivity contribution in [1.82, 2.24) is 14.9 Å².